The summed E-state index contributed by atoms with van der Waals surface area (Å²) in [6, 6.07) is 52.0. The highest BCUT2D eigenvalue weighted by Gasteiger charge is 2.41. The van der Waals surface area contributed by atoms with Gasteiger partial charge in [-0.2, -0.15) is 0 Å². The summed E-state index contributed by atoms with van der Waals surface area (Å²) < 4.78 is 49.2. The number of imide groups is 3. The van der Waals surface area contributed by atoms with Gasteiger partial charge >= 0.3 is 35.8 Å². The van der Waals surface area contributed by atoms with Crippen LogP contribution in [-0.2, 0) is 41.3 Å². The van der Waals surface area contributed by atoms with Gasteiger partial charge in [-0.25, -0.2) is 28.8 Å². The number of aliphatic hydroxyl groups is 1. The Labute approximate surface area is 791 Å². The molecule has 3 heterocycles. The minimum Gasteiger partial charge on any atom is -0.462 e. The largest absolute Gasteiger partial charge is 0.462 e. The highest BCUT2D eigenvalue weighted by atomic mass is 16.6. The monoisotopic (exact) mass is 1840 g/mol. The number of aliphatic hydroxyl groups excluding tert-OH is 1. The molecule has 17 aromatic rings. The van der Waals surface area contributed by atoms with Crippen molar-refractivity contribution in [1.82, 2.24) is 14.7 Å². The van der Waals surface area contributed by atoms with Crippen LogP contribution in [0.25, 0.3) is 129 Å². The number of β-amino-alcohol motifs (C(OH)–C–C–N with tert-alkyl or cyclic N) is 1. The van der Waals surface area contributed by atoms with Crippen LogP contribution in [-0.4, -0.2) is 157 Å². The fourth-order valence-electron chi connectivity index (χ4n) is 20.4. The van der Waals surface area contributed by atoms with Crippen molar-refractivity contribution < 1.29 is 101 Å². The van der Waals surface area contributed by atoms with Gasteiger partial charge in [0.25, 0.3) is 35.4 Å². The molecule has 3 aliphatic heterocycles. The smallest absolute Gasteiger partial charge is 0.338 e. The van der Waals surface area contributed by atoms with Crippen molar-refractivity contribution in [1.29, 1.82) is 0 Å². The van der Waals surface area contributed by atoms with Crippen LogP contribution in [0.2, 0.25) is 0 Å². The molecule has 138 heavy (non-hydrogen) atoms. The number of esters is 6. The molecule has 0 fully saturated rings. The lowest BCUT2D eigenvalue weighted by molar-refractivity contribution is 0.0485. The van der Waals surface area contributed by atoms with E-state index < -0.39 is 77.9 Å². The van der Waals surface area contributed by atoms with E-state index in [0.717, 1.165) is 30.6 Å². The molecule has 0 aliphatic carbocycles. The first kappa shape index (κ1) is 90.3. The van der Waals surface area contributed by atoms with Crippen molar-refractivity contribution in [3.63, 3.8) is 0 Å². The molecule has 6 amide bonds. The molecule has 1 N–H and O–H groups in total. The maximum absolute atomic E-state index is 15.2. The van der Waals surface area contributed by atoms with Crippen molar-refractivity contribution >= 4 is 201 Å². The van der Waals surface area contributed by atoms with Gasteiger partial charge in [-0.1, -0.05) is 165 Å². The average molecular weight is 1850 g/mol. The summed E-state index contributed by atoms with van der Waals surface area (Å²) in [5.41, 5.74) is 3.82. The molecule has 0 bridgehead atoms. The SMILES string of the molecule is CCCCOC(=O)c1ccc2c3ccc4c5c(ccc(c6ccc(C(=O)OCCCC)c1c26)c53)C(=O)N(CCc1ccc(Oc2cc(C(=O)OCCCC)c3c(C(=O)OCCCC)ccc5c6c(Oc7ccc(CCN8C(=O)c9ccc%10c%11ccc(C(=O)OCCCC)c%12c(C(=O)OCCCC)ccc(c%13ccc(c9c%10%13)C8=O)c%12%11)cc7)cc7c8c(ccc(c2c35)c86)C(=O)N(CCO)C7=O)cc1)C4=O. The summed E-state index contributed by atoms with van der Waals surface area (Å²) in [5.74, 6) is -6.34. The second-order valence-electron chi connectivity index (χ2n) is 35.6. The number of amides is 6. The van der Waals surface area contributed by atoms with Crippen LogP contribution in [0.15, 0.2) is 182 Å². The lowest BCUT2D eigenvalue weighted by atomic mass is 9.82. The van der Waals surface area contributed by atoms with Gasteiger partial charge in [0.15, 0.2) is 0 Å². The minimum atomic E-state index is -0.772. The molecule has 0 spiro atoms. The standard InChI is InChI=1S/C114H97N3O21/c1-7-13-53-131-109(125)80-42-31-69-65-27-37-75-93-76(38-28-66(89(65)93)70-32-43-81(96(80)91(69)70)110(126)132-54-14-8-2)104(120)115(103(75)119)49-47-61-19-23-63(24-20-61)137-87-59-85-95-79(107(123)117(51-52-118)108(85)124)41-35-73-100-88(60-86(114(130)136-58-18-12-6)98-84(113(129)135-57-17-11-5)46-36-74(102(98)100)99(87)101(73)95)138-64-25-21-62(22-26-64)48-50-116-105(121)77-39-29-67-71-33-44-82(111(127)133-55-15-9-3)97-83(112(128)134-56-16-10-4)45-34-72(92(71)97)68-30-40-78(106(116)122)94(77)90(67)68/h19-46,59-60,118H,7-18,47-58H2,1-6H3. The third-order valence-electron chi connectivity index (χ3n) is 27.3. The van der Waals surface area contributed by atoms with Gasteiger partial charge in [0.05, 0.1) is 91.7 Å². The van der Waals surface area contributed by atoms with Gasteiger partial charge in [-0.05, 0) is 235 Å². The predicted octanol–water partition coefficient (Wildman–Crippen LogP) is 23.4. The molecule has 0 saturated heterocycles. The molecule has 0 unspecified atom stereocenters. The Bertz CT molecular complexity index is 7780. The third-order valence-corrected chi connectivity index (χ3v) is 27.3. The average Bonchev–Trinajstić information content (AvgIpc) is 0.686. The predicted molar refractivity (Wildman–Crippen MR) is 528 cm³/mol. The summed E-state index contributed by atoms with van der Waals surface area (Å²) in [5, 5.41) is 23.2. The van der Waals surface area contributed by atoms with E-state index in [1.165, 1.54) is 15.9 Å². The molecular weight excluding hydrogens is 1750 g/mol. The quantitative estimate of drug-likeness (QED) is 0.00952. The minimum absolute atomic E-state index is 0.0231. The fraction of sp³-hybridized carbons (Fsp3) is 0.263. The number of carbonyl (C=O) groups excluding carboxylic acids is 12. The summed E-state index contributed by atoms with van der Waals surface area (Å²) in [6.45, 7) is 11.9. The summed E-state index contributed by atoms with van der Waals surface area (Å²) >= 11 is 0. The van der Waals surface area contributed by atoms with Crippen molar-refractivity contribution in [3.8, 4) is 23.0 Å². The number of fused-ring (bicyclic) bond motifs is 6. The first-order valence-electron chi connectivity index (χ1n) is 47.7. The van der Waals surface area contributed by atoms with Gasteiger partial charge in [-0.15, -0.1) is 0 Å². The maximum Gasteiger partial charge on any atom is 0.338 e. The number of hydrogen-bond donors (Lipinski definition) is 1. The van der Waals surface area contributed by atoms with E-state index in [1.54, 1.807) is 127 Å². The third kappa shape index (κ3) is 15.1. The highest BCUT2D eigenvalue weighted by Crippen LogP contribution is 2.55. The molecule has 0 aromatic heterocycles. The van der Waals surface area contributed by atoms with Crippen LogP contribution in [0.4, 0.5) is 0 Å². The number of benzene rings is 17. The van der Waals surface area contributed by atoms with E-state index in [2.05, 4.69) is 0 Å². The molecule has 24 heteroatoms. The topological polar surface area (TPSA) is 309 Å². The van der Waals surface area contributed by atoms with Gasteiger partial charge < -0.3 is 43.0 Å². The molecule has 694 valence electrons. The number of ether oxygens (including phenoxy) is 8. The Morgan fingerprint density at radius 3 is 0.783 bits per heavy atom. The Hall–Kier alpha value is -15.6. The van der Waals surface area contributed by atoms with Crippen LogP contribution >= 0.6 is 0 Å². The van der Waals surface area contributed by atoms with E-state index in [9.17, 15) is 33.9 Å². The zero-order chi connectivity index (χ0) is 95.7. The van der Waals surface area contributed by atoms with Crippen LogP contribution in [0.5, 0.6) is 23.0 Å². The number of rotatable bonds is 36. The van der Waals surface area contributed by atoms with Crippen LogP contribution in [0, 0.1) is 0 Å². The lowest BCUT2D eigenvalue weighted by Crippen LogP contribution is -2.42. The zero-order valence-electron chi connectivity index (χ0n) is 77.2. The molecule has 0 atom stereocenters. The van der Waals surface area contributed by atoms with Crippen molar-refractivity contribution in [2.45, 2.75) is 131 Å². The Morgan fingerprint density at radius 2 is 0.478 bits per heavy atom. The van der Waals surface area contributed by atoms with Gasteiger partial charge in [0, 0.05) is 94.8 Å². The zero-order valence-corrected chi connectivity index (χ0v) is 77.2. The first-order chi connectivity index (χ1) is 67.2. The van der Waals surface area contributed by atoms with E-state index >= 15 is 28.8 Å². The Balaban J connectivity index is 0.629. The summed E-state index contributed by atoms with van der Waals surface area (Å²) in [7, 11) is 0. The summed E-state index contributed by atoms with van der Waals surface area (Å²) in [6.07, 6.45) is 8.74. The molecule has 20 rings (SSSR count). The number of carbonyl (C=O) groups is 12. The van der Waals surface area contributed by atoms with Crippen LogP contribution in [0.1, 0.15) is 254 Å². The molecule has 3 aliphatic rings. The fourth-order valence-corrected chi connectivity index (χ4v) is 20.4. The number of nitrogens with zero attached hydrogens (tertiary/aromatic N) is 3. The molecule has 17 aromatic carbocycles. The molecular formula is C114H97N3O21. The second-order valence-corrected chi connectivity index (χ2v) is 35.6. The summed E-state index contributed by atoms with van der Waals surface area (Å²) in [4.78, 5) is 179. The second kappa shape index (κ2) is 37.3. The van der Waals surface area contributed by atoms with Crippen LogP contribution in [0.3, 0.4) is 0 Å². The van der Waals surface area contributed by atoms with E-state index in [1.807, 2.05) is 90.1 Å². The van der Waals surface area contributed by atoms with Crippen LogP contribution < -0.4 is 9.47 Å². The number of unbranched alkanes of at least 4 members (excludes halogenated alkanes) is 6. The number of hydrogen-bond acceptors (Lipinski definition) is 21. The van der Waals surface area contributed by atoms with E-state index in [-0.39, 0.29) is 150 Å². The van der Waals surface area contributed by atoms with Gasteiger partial charge in [0.1, 0.15) is 23.0 Å². The van der Waals surface area contributed by atoms with Crippen molar-refractivity contribution in [2.75, 3.05) is 65.9 Å². The van der Waals surface area contributed by atoms with Crippen molar-refractivity contribution in [3.05, 3.63) is 260 Å². The van der Waals surface area contributed by atoms with E-state index in [4.69, 9.17) is 37.9 Å². The molecule has 0 radical (unpaired) electrons. The molecule has 24 nitrogen and oxygen atoms in total. The Morgan fingerprint density at radius 1 is 0.239 bits per heavy atom. The molecule has 0 saturated carbocycles. The van der Waals surface area contributed by atoms with Gasteiger partial charge in [-0.3, -0.25) is 43.5 Å². The highest BCUT2D eigenvalue weighted by molar-refractivity contribution is 6.45. The Kier molecular flexibility index (Phi) is 24.4. The lowest BCUT2D eigenvalue weighted by Gasteiger charge is -2.29. The maximum atomic E-state index is 15.2. The van der Waals surface area contributed by atoms with E-state index in [0.29, 0.717) is 203 Å². The normalized spacial score (nSPS) is 13.2. The first-order valence-corrected chi connectivity index (χ1v) is 47.7. The van der Waals surface area contributed by atoms with Gasteiger partial charge in [0.2, 0.25) is 0 Å². The van der Waals surface area contributed by atoms with Crippen molar-refractivity contribution in [2.24, 2.45) is 0 Å².